The molecule has 6 heteroatoms. The second-order valence-corrected chi connectivity index (χ2v) is 4.78. The van der Waals surface area contributed by atoms with Gasteiger partial charge in [0.25, 0.3) is 0 Å². The second-order valence-electron chi connectivity index (χ2n) is 2.60. The molecular formula is C9H7ClFNO2S. The van der Waals surface area contributed by atoms with Gasteiger partial charge < -0.3 is 0 Å². The van der Waals surface area contributed by atoms with Crippen LogP contribution in [0.25, 0.3) is 0 Å². The lowest BCUT2D eigenvalue weighted by Gasteiger charge is -2.04. The van der Waals surface area contributed by atoms with E-state index >= 15 is 0 Å². The van der Waals surface area contributed by atoms with Crippen LogP contribution in [0.5, 0.6) is 0 Å². The van der Waals surface area contributed by atoms with E-state index < -0.39 is 20.7 Å². The SMILES string of the molecule is C#CCNS(=O)(=O)c1ccc(Cl)cc1F. The molecule has 0 fully saturated rings. The van der Waals surface area contributed by atoms with Crippen LogP contribution in [0.2, 0.25) is 5.02 Å². The van der Waals surface area contributed by atoms with Crippen LogP contribution in [-0.4, -0.2) is 15.0 Å². The lowest BCUT2D eigenvalue weighted by molar-refractivity contribution is 0.560. The van der Waals surface area contributed by atoms with E-state index in [1.165, 1.54) is 6.07 Å². The van der Waals surface area contributed by atoms with Crippen LogP contribution in [0, 0.1) is 18.2 Å². The standard InChI is InChI=1S/C9H7ClFNO2S/c1-2-5-12-15(13,14)9-4-3-7(10)6-8(9)11/h1,3-4,6,12H,5H2. The molecule has 1 aromatic rings. The Morgan fingerprint density at radius 2 is 2.20 bits per heavy atom. The molecule has 0 spiro atoms. The fraction of sp³-hybridized carbons (Fsp3) is 0.111. The lowest BCUT2D eigenvalue weighted by atomic mass is 10.3. The molecule has 0 heterocycles. The minimum Gasteiger partial charge on any atom is -0.207 e. The lowest BCUT2D eigenvalue weighted by Crippen LogP contribution is -2.24. The van der Waals surface area contributed by atoms with E-state index in [9.17, 15) is 12.8 Å². The van der Waals surface area contributed by atoms with Gasteiger partial charge in [0.1, 0.15) is 10.7 Å². The van der Waals surface area contributed by atoms with Crippen molar-refractivity contribution in [2.45, 2.75) is 4.90 Å². The van der Waals surface area contributed by atoms with E-state index in [0.717, 1.165) is 12.1 Å². The van der Waals surface area contributed by atoms with Crippen LogP contribution in [0.3, 0.4) is 0 Å². The number of sulfonamides is 1. The molecule has 15 heavy (non-hydrogen) atoms. The number of hydrogen-bond acceptors (Lipinski definition) is 2. The van der Waals surface area contributed by atoms with Crippen molar-refractivity contribution < 1.29 is 12.8 Å². The van der Waals surface area contributed by atoms with Crippen molar-refractivity contribution in [1.82, 2.24) is 4.72 Å². The summed E-state index contributed by atoms with van der Waals surface area (Å²) in [5.74, 6) is 1.18. The predicted molar refractivity (Wildman–Crippen MR) is 55.4 cm³/mol. The first-order chi connectivity index (χ1) is 6.97. The van der Waals surface area contributed by atoms with Crippen molar-refractivity contribution in [3.63, 3.8) is 0 Å². The monoisotopic (exact) mass is 247 g/mol. The number of nitrogens with one attached hydrogen (secondary N) is 1. The first-order valence-electron chi connectivity index (χ1n) is 3.85. The fourth-order valence-corrected chi connectivity index (χ4v) is 2.06. The molecule has 80 valence electrons. The molecule has 0 amide bonds. The summed E-state index contributed by atoms with van der Waals surface area (Å²) in [5.41, 5.74) is 0. The van der Waals surface area contributed by atoms with Gasteiger partial charge in [-0.3, -0.25) is 0 Å². The molecule has 0 radical (unpaired) electrons. The zero-order valence-electron chi connectivity index (χ0n) is 7.50. The van der Waals surface area contributed by atoms with Gasteiger partial charge in [-0.2, -0.15) is 4.72 Å². The fourth-order valence-electron chi connectivity index (χ4n) is 0.908. The number of hydrogen-bond donors (Lipinski definition) is 1. The van der Waals surface area contributed by atoms with Crippen molar-refractivity contribution >= 4 is 21.6 Å². The van der Waals surface area contributed by atoms with Crippen LogP contribution in [0.1, 0.15) is 0 Å². The van der Waals surface area contributed by atoms with Gasteiger partial charge in [0.05, 0.1) is 6.54 Å². The van der Waals surface area contributed by atoms with Gasteiger partial charge in [-0.05, 0) is 18.2 Å². The van der Waals surface area contributed by atoms with Crippen LogP contribution in [-0.2, 0) is 10.0 Å². The molecule has 0 aliphatic rings. The maximum Gasteiger partial charge on any atom is 0.244 e. The van der Waals surface area contributed by atoms with Crippen molar-refractivity contribution in [3.05, 3.63) is 29.0 Å². The van der Waals surface area contributed by atoms with E-state index in [-0.39, 0.29) is 11.6 Å². The molecule has 0 aliphatic heterocycles. The van der Waals surface area contributed by atoms with Crippen molar-refractivity contribution in [2.24, 2.45) is 0 Å². The summed E-state index contributed by atoms with van der Waals surface area (Å²) in [4.78, 5) is -0.470. The van der Waals surface area contributed by atoms with E-state index in [1.807, 2.05) is 4.72 Å². The highest BCUT2D eigenvalue weighted by Crippen LogP contribution is 2.18. The zero-order valence-corrected chi connectivity index (χ0v) is 9.07. The number of benzene rings is 1. The summed E-state index contributed by atoms with van der Waals surface area (Å²) in [6, 6.07) is 3.29. The molecule has 1 aromatic carbocycles. The summed E-state index contributed by atoms with van der Waals surface area (Å²) < 4.78 is 38.1. The molecule has 1 N–H and O–H groups in total. The van der Waals surface area contributed by atoms with Crippen LogP contribution >= 0.6 is 11.6 Å². The Morgan fingerprint density at radius 3 is 2.73 bits per heavy atom. The molecule has 0 aromatic heterocycles. The molecular weight excluding hydrogens is 241 g/mol. The van der Waals surface area contributed by atoms with Gasteiger partial charge in [-0.15, -0.1) is 6.42 Å². The third-order valence-electron chi connectivity index (χ3n) is 1.55. The van der Waals surface area contributed by atoms with Gasteiger partial charge in [-0.1, -0.05) is 17.5 Å². The largest absolute Gasteiger partial charge is 0.244 e. The summed E-state index contributed by atoms with van der Waals surface area (Å²) in [5, 5.41) is 0.128. The Morgan fingerprint density at radius 1 is 1.53 bits per heavy atom. The maximum absolute atomic E-state index is 13.2. The summed E-state index contributed by atoms with van der Waals surface area (Å²) in [7, 11) is -3.90. The van der Waals surface area contributed by atoms with Gasteiger partial charge in [-0.25, -0.2) is 12.8 Å². The quantitative estimate of drug-likeness (QED) is 0.821. The predicted octanol–water partition coefficient (Wildman–Crippen LogP) is 1.39. The Labute approximate surface area is 92.3 Å². The van der Waals surface area contributed by atoms with Crippen molar-refractivity contribution in [2.75, 3.05) is 6.54 Å². The van der Waals surface area contributed by atoms with Crippen LogP contribution in [0.4, 0.5) is 4.39 Å². The maximum atomic E-state index is 13.2. The van der Waals surface area contributed by atoms with E-state index in [0.29, 0.717) is 0 Å². The van der Waals surface area contributed by atoms with E-state index in [4.69, 9.17) is 18.0 Å². The normalized spacial score (nSPS) is 11.0. The minimum absolute atomic E-state index is 0.128. The summed E-state index contributed by atoms with van der Waals surface area (Å²) in [6.07, 6.45) is 4.88. The Kier molecular flexibility index (Phi) is 3.69. The first kappa shape index (κ1) is 12.0. The third-order valence-corrected chi connectivity index (χ3v) is 3.22. The Hall–Kier alpha value is -1.09. The highest BCUT2D eigenvalue weighted by Gasteiger charge is 2.17. The van der Waals surface area contributed by atoms with Crippen LogP contribution < -0.4 is 4.72 Å². The van der Waals surface area contributed by atoms with E-state index in [2.05, 4.69) is 5.92 Å². The molecule has 0 saturated carbocycles. The summed E-state index contributed by atoms with van der Waals surface area (Å²) in [6.45, 7) is -0.190. The molecule has 1 rings (SSSR count). The molecule has 3 nitrogen and oxygen atoms in total. The Balaban J connectivity index is 3.12. The van der Waals surface area contributed by atoms with Gasteiger partial charge in [0, 0.05) is 5.02 Å². The van der Waals surface area contributed by atoms with Crippen molar-refractivity contribution in [3.8, 4) is 12.3 Å². The number of halogens is 2. The highest BCUT2D eigenvalue weighted by molar-refractivity contribution is 7.89. The first-order valence-corrected chi connectivity index (χ1v) is 5.71. The zero-order chi connectivity index (χ0) is 11.5. The molecule has 0 bridgehead atoms. The van der Waals surface area contributed by atoms with Gasteiger partial charge in [0.15, 0.2) is 0 Å². The summed E-state index contributed by atoms with van der Waals surface area (Å²) >= 11 is 5.48. The average Bonchev–Trinajstić information content (AvgIpc) is 2.14. The van der Waals surface area contributed by atoms with Crippen LogP contribution in [0.15, 0.2) is 23.1 Å². The average molecular weight is 248 g/mol. The van der Waals surface area contributed by atoms with Gasteiger partial charge in [0.2, 0.25) is 10.0 Å². The highest BCUT2D eigenvalue weighted by atomic mass is 35.5. The van der Waals surface area contributed by atoms with Crippen molar-refractivity contribution in [1.29, 1.82) is 0 Å². The van der Waals surface area contributed by atoms with E-state index in [1.54, 1.807) is 0 Å². The Bertz CT molecular complexity index is 507. The molecule has 0 aliphatic carbocycles. The van der Waals surface area contributed by atoms with Gasteiger partial charge >= 0.3 is 0 Å². The number of terminal acetylenes is 1. The topological polar surface area (TPSA) is 46.2 Å². The molecule has 0 atom stereocenters. The molecule has 0 saturated heterocycles. The minimum atomic E-state index is -3.90. The number of rotatable bonds is 3. The smallest absolute Gasteiger partial charge is 0.207 e. The third kappa shape index (κ3) is 2.93. The molecule has 0 unspecified atom stereocenters. The second kappa shape index (κ2) is 4.62.